The van der Waals surface area contributed by atoms with Crippen molar-refractivity contribution in [3.63, 3.8) is 0 Å². The highest BCUT2D eigenvalue weighted by molar-refractivity contribution is 5.81. The van der Waals surface area contributed by atoms with Crippen LogP contribution in [0, 0.1) is 6.92 Å². The van der Waals surface area contributed by atoms with Gasteiger partial charge in [0.1, 0.15) is 6.04 Å². The van der Waals surface area contributed by atoms with E-state index in [0.717, 1.165) is 16.7 Å². The summed E-state index contributed by atoms with van der Waals surface area (Å²) in [4.78, 5) is 11.6. The zero-order valence-corrected chi connectivity index (χ0v) is 15.5. The summed E-state index contributed by atoms with van der Waals surface area (Å²) in [6, 6.07) is 16.3. The monoisotopic (exact) mass is 337 g/mol. The van der Waals surface area contributed by atoms with Gasteiger partial charge in [0.2, 0.25) is 0 Å². The molecule has 0 aliphatic rings. The van der Waals surface area contributed by atoms with Crippen LogP contribution in [-0.2, 0) is 9.53 Å². The second kappa shape index (κ2) is 8.63. The maximum absolute atomic E-state index is 11.6. The Morgan fingerprint density at radius 3 is 2.04 bits per heavy atom. The molecule has 0 bridgehead atoms. The minimum atomic E-state index is -0.652. The van der Waals surface area contributed by atoms with Crippen molar-refractivity contribution in [1.82, 2.24) is 0 Å². The second-order valence-electron chi connectivity index (χ2n) is 6.63. The van der Waals surface area contributed by atoms with Gasteiger partial charge in [0, 0.05) is 0 Å². The minimum absolute atomic E-state index is 0.394. The van der Waals surface area contributed by atoms with Crippen molar-refractivity contribution in [3.05, 3.63) is 76.9 Å². The molecular formula is C22H27NO2. The van der Waals surface area contributed by atoms with Crippen LogP contribution in [-0.4, -0.2) is 19.1 Å². The number of hydrogen-bond donors (Lipinski definition) is 1. The highest BCUT2D eigenvalue weighted by Gasteiger charge is 2.13. The first-order valence-corrected chi connectivity index (χ1v) is 8.63. The lowest BCUT2D eigenvalue weighted by Crippen LogP contribution is -2.30. The maximum atomic E-state index is 11.6. The number of rotatable bonds is 6. The molecular weight excluding hydrogens is 310 g/mol. The molecule has 0 fully saturated rings. The molecule has 0 aliphatic heterocycles. The predicted octanol–water partition coefficient (Wildman–Crippen LogP) is 4.44. The van der Waals surface area contributed by atoms with Gasteiger partial charge in [0.05, 0.1) is 7.11 Å². The molecule has 1 unspecified atom stereocenters. The van der Waals surface area contributed by atoms with Crippen LogP contribution < -0.4 is 5.73 Å². The second-order valence-corrected chi connectivity index (χ2v) is 6.63. The Bertz CT molecular complexity index is 728. The number of carbonyl (C=O) groups is 1. The molecule has 3 heteroatoms. The summed E-state index contributed by atoms with van der Waals surface area (Å²) in [6.07, 6.45) is 2.46. The lowest BCUT2D eigenvalue weighted by Gasteiger charge is -2.13. The Morgan fingerprint density at radius 1 is 1.04 bits per heavy atom. The van der Waals surface area contributed by atoms with Crippen LogP contribution in [0.4, 0.5) is 0 Å². The van der Waals surface area contributed by atoms with Gasteiger partial charge >= 0.3 is 5.97 Å². The highest BCUT2D eigenvalue weighted by atomic mass is 16.5. The molecule has 0 radical (unpaired) electrons. The Morgan fingerprint density at radius 2 is 1.56 bits per heavy atom. The lowest BCUT2D eigenvalue weighted by atomic mass is 9.93. The zero-order valence-electron chi connectivity index (χ0n) is 15.5. The molecule has 132 valence electrons. The fourth-order valence-electron chi connectivity index (χ4n) is 2.68. The van der Waals surface area contributed by atoms with E-state index < -0.39 is 12.0 Å². The van der Waals surface area contributed by atoms with Gasteiger partial charge in [-0.3, -0.25) is 4.79 Å². The SMILES string of the molecule is COC(=O)C(N)CC=C(c1ccc(C)cc1)c1ccc(C(C)C)cc1. The van der Waals surface area contributed by atoms with E-state index in [1.165, 1.54) is 18.2 Å². The maximum Gasteiger partial charge on any atom is 0.322 e. The van der Waals surface area contributed by atoms with Crippen LogP contribution in [0.3, 0.4) is 0 Å². The van der Waals surface area contributed by atoms with Crippen LogP contribution in [0.1, 0.15) is 48.4 Å². The van der Waals surface area contributed by atoms with E-state index in [2.05, 4.69) is 69.3 Å². The van der Waals surface area contributed by atoms with E-state index in [0.29, 0.717) is 12.3 Å². The minimum Gasteiger partial charge on any atom is -0.468 e. The van der Waals surface area contributed by atoms with Crippen molar-refractivity contribution in [2.75, 3.05) is 7.11 Å². The normalized spacial score (nSPS) is 13.0. The molecule has 25 heavy (non-hydrogen) atoms. The summed E-state index contributed by atoms with van der Waals surface area (Å²) >= 11 is 0. The standard InChI is InChI=1S/C22H27NO2/c1-15(2)17-9-11-19(12-10-17)20(13-14-21(23)22(24)25-4)18-7-5-16(3)6-8-18/h5-13,15,21H,14,23H2,1-4H3. The summed E-state index contributed by atoms with van der Waals surface area (Å²) in [5, 5.41) is 0. The number of aryl methyl sites for hydroxylation is 1. The van der Waals surface area contributed by atoms with Gasteiger partial charge in [0.15, 0.2) is 0 Å². The summed E-state index contributed by atoms with van der Waals surface area (Å²) in [5.74, 6) is 0.100. The van der Waals surface area contributed by atoms with Crippen molar-refractivity contribution in [2.24, 2.45) is 5.73 Å². The molecule has 2 aromatic carbocycles. The van der Waals surface area contributed by atoms with Gasteiger partial charge < -0.3 is 10.5 Å². The predicted molar refractivity (Wildman–Crippen MR) is 103 cm³/mol. The summed E-state index contributed by atoms with van der Waals surface area (Å²) < 4.78 is 4.72. The number of methoxy groups -OCH3 is 1. The first kappa shape index (κ1) is 18.9. The molecule has 2 aromatic rings. The van der Waals surface area contributed by atoms with Crippen LogP contribution in [0.25, 0.3) is 5.57 Å². The molecule has 3 nitrogen and oxygen atoms in total. The Hall–Kier alpha value is -2.39. The number of hydrogen-bond acceptors (Lipinski definition) is 3. The summed E-state index contributed by atoms with van der Waals surface area (Å²) in [7, 11) is 1.36. The van der Waals surface area contributed by atoms with Crippen molar-refractivity contribution in [1.29, 1.82) is 0 Å². The summed E-state index contributed by atoms with van der Waals surface area (Å²) in [5.41, 5.74) is 11.7. The molecule has 0 saturated heterocycles. The largest absolute Gasteiger partial charge is 0.468 e. The van der Waals surface area contributed by atoms with E-state index in [1.54, 1.807) is 0 Å². The highest BCUT2D eigenvalue weighted by Crippen LogP contribution is 2.26. The third-order valence-electron chi connectivity index (χ3n) is 4.33. The van der Waals surface area contributed by atoms with Crippen molar-refractivity contribution in [2.45, 2.75) is 39.2 Å². The van der Waals surface area contributed by atoms with Gasteiger partial charge in [-0.25, -0.2) is 0 Å². The quantitative estimate of drug-likeness (QED) is 0.793. The van der Waals surface area contributed by atoms with Gasteiger partial charge in [-0.1, -0.05) is 74.0 Å². The topological polar surface area (TPSA) is 52.3 Å². The van der Waals surface area contributed by atoms with Gasteiger partial charge in [-0.15, -0.1) is 0 Å². The first-order chi connectivity index (χ1) is 11.9. The molecule has 0 aliphatic carbocycles. The summed E-state index contributed by atoms with van der Waals surface area (Å²) in [6.45, 7) is 6.43. The number of nitrogens with two attached hydrogens (primary N) is 1. The fraction of sp³-hybridized carbons (Fsp3) is 0.318. The molecule has 0 heterocycles. The van der Waals surface area contributed by atoms with E-state index in [9.17, 15) is 4.79 Å². The zero-order chi connectivity index (χ0) is 18.4. The molecule has 0 amide bonds. The molecule has 0 spiro atoms. The van der Waals surface area contributed by atoms with Crippen LogP contribution in [0.2, 0.25) is 0 Å². The van der Waals surface area contributed by atoms with Crippen LogP contribution in [0.5, 0.6) is 0 Å². The third kappa shape index (κ3) is 5.04. The van der Waals surface area contributed by atoms with E-state index >= 15 is 0 Å². The number of esters is 1. The van der Waals surface area contributed by atoms with Crippen LogP contribution >= 0.6 is 0 Å². The van der Waals surface area contributed by atoms with Gasteiger partial charge in [0.25, 0.3) is 0 Å². The Labute approximate surface area is 150 Å². The molecule has 2 rings (SSSR count). The number of benzene rings is 2. The lowest BCUT2D eigenvalue weighted by molar-refractivity contribution is -0.142. The smallest absolute Gasteiger partial charge is 0.322 e. The Balaban J connectivity index is 2.37. The number of ether oxygens (including phenoxy) is 1. The van der Waals surface area contributed by atoms with Crippen LogP contribution in [0.15, 0.2) is 54.6 Å². The number of carbonyl (C=O) groups excluding carboxylic acids is 1. The average molecular weight is 337 g/mol. The first-order valence-electron chi connectivity index (χ1n) is 8.63. The van der Waals surface area contributed by atoms with E-state index in [4.69, 9.17) is 10.5 Å². The van der Waals surface area contributed by atoms with E-state index in [1.807, 2.05) is 6.08 Å². The average Bonchev–Trinajstić information content (AvgIpc) is 2.62. The fourth-order valence-corrected chi connectivity index (χ4v) is 2.68. The third-order valence-corrected chi connectivity index (χ3v) is 4.33. The molecule has 2 N–H and O–H groups in total. The Kier molecular flexibility index (Phi) is 6.54. The van der Waals surface area contributed by atoms with Crippen molar-refractivity contribution < 1.29 is 9.53 Å². The van der Waals surface area contributed by atoms with Gasteiger partial charge in [-0.05, 0) is 41.5 Å². The van der Waals surface area contributed by atoms with Gasteiger partial charge in [-0.2, -0.15) is 0 Å². The van der Waals surface area contributed by atoms with E-state index in [-0.39, 0.29) is 0 Å². The van der Waals surface area contributed by atoms with Crippen molar-refractivity contribution >= 4 is 11.5 Å². The molecule has 0 aromatic heterocycles. The molecule has 1 atom stereocenters. The van der Waals surface area contributed by atoms with Crippen molar-refractivity contribution in [3.8, 4) is 0 Å². The molecule has 0 saturated carbocycles.